The third-order valence-corrected chi connectivity index (χ3v) is 14.1. The van der Waals surface area contributed by atoms with E-state index in [4.69, 9.17) is 19.9 Å². The van der Waals surface area contributed by atoms with Crippen LogP contribution in [0.15, 0.2) is 237 Å². The van der Waals surface area contributed by atoms with E-state index in [9.17, 15) is 0 Å². The molecule has 0 aliphatic carbocycles. The predicted molar refractivity (Wildman–Crippen MR) is 283 cm³/mol. The highest BCUT2D eigenvalue weighted by Crippen LogP contribution is 2.46. The van der Waals surface area contributed by atoms with Gasteiger partial charge >= 0.3 is 0 Å². The van der Waals surface area contributed by atoms with E-state index in [0.717, 1.165) is 71.7 Å². The fourth-order valence-corrected chi connectivity index (χ4v) is 10.9. The second kappa shape index (κ2) is 16.5. The highest BCUT2D eigenvalue weighted by Gasteiger charge is 2.23. The van der Waals surface area contributed by atoms with Gasteiger partial charge in [0.25, 0.3) is 0 Å². The molecule has 0 N–H and O–H groups in total. The molecule has 0 saturated carbocycles. The maximum Gasteiger partial charge on any atom is 0.166 e. The predicted octanol–water partition coefficient (Wildman–Crippen LogP) is 16.4. The van der Waals surface area contributed by atoms with Crippen LogP contribution < -0.4 is 0 Å². The average Bonchev–Trinajstić information content (AvgIpc) is 3.96. The molecule has 6 heteroatoms. The maximum atomic E-state index is 5.51. The summed E-state index contributed by atoms with van der Waals surface area (Å²) in [5.41, 5.74) is 14.5. The molecule has 5 nitrogen and oxygen atoms in total. The van der Waals surface area contributed by atoms with E-state index in [2.05, 4.69) is 199 Å². The van der Waals surface area contributed by atoms with Gasteiger partial charge in [-0.1, -0.05) is 188 Å². The summed E-state index contributed by atoms with van der Waals surface area (Å²) in [6.07, 6.45) is 2.03. The van der Waals surface area contributed by atoms with Crippen molar-refractivity contribution in [3.05, 3.63) is 237 Å². The minimum atomic E-state index is 0.551. The lowest BCUT2D eigenvalue weighted by molar-refractivity contribution is 1.07. The van der Waals surface area contributed by atoms with Crippen molar-refractivity contribution in [1.29, 1.82) is 0 Å². The Balaban J connectivity index is 1.08. The average molecular weight is 886 g/mol. The van der Waals surface area contributed by atoms with E-state index >= 15 is 0 Å². The normalized spacial score (nSPS) is 11.5. The number of hydrogen-bond acceptors (Lipinski definition) is 5. The number of fused-ring (bicyclic) bond motifs is 6. The number of pyridine rings is 1. The van der Waals surface area contributed by atoms with Gasteiger partial charge < -0.3 is 4.57 Å². The lowest BCUT2D eigenvalue weighted by Gasteiger charge is -2.16. The fourth-order valence-electron chi connectivity index (χ4n) is 9.69. The van der Waals surface area contributed by atoms with E-state index in [0.29, 0.717) is 17.5 Å². The smallest absolute Gasteiger partial charge is 0.166 e. The molecule has 0 atom stereocenters. The minimum absolute atomic E-state index is 0.551. The van der Waals surface area contributed by atoms with Gasteiger partial charge in [0, 0.05) is 70.6 Å². The van der Waals surface area contributed by atoms with Crippen LogP contribution in [0.4, 0.5) is 0 Å². The van der Waals surface area contributed by atoms with Gasteiger partial charge in [-0.2, -0.15) is 0 Å². The fraction of sp³-hybridized carbons (Fsp3) is 0. The number of benzene rings is 9. The summed E-state index contributed by atoms with van der Waals surface area (Å²) in [6, 6.07) is 81.2. The first-order valence-electron chi connectivity index (χ1n) is 22.8. The second-order valence-electron chi connectivity index (χ2n) is 17.0. The van der Waals surface area contributed by atoms with Gasteiger partial charge in [0.05, 0.1) is 16.7 Å². The van der Waals surface area contributed by atoms with Gasteiger partial charge in [0.1, 0.15) is 0 Å². The third-order valence-electron chi connectivity index (χ3n) is 12.9. The Hall–Kier alpha value is -8.84. The van der Waals surface area contributed by atoms with Crippen LogP contribution in [0, 0.1) is 0 Å². The first-order chi connectivity index (χ1) is 33.7. The quantitative estimate of drug-likeness (QED) is 0.153. The Labute approximate surface area is 397 Å². The molecule has 0 spiro atoms. The van der Waals surface area contributed by atoms with Crippen LogP contribution in [0.2, 0.25) is 0 Å². The van der Waals surface area contributed by atoms with Crippen molar-refractivity contribution in [3.8, 4) is 84.5 Å². The maximum absolute atomic E-state index is 5.51. The zero-order valence-electron chi connectivity index (χ0n) is 36.7. The van der Waals surface area contributed by atoms with Gasteiger partial charge in [-0.15, -0.1) is 11.3 Å². The van der Waals surface area contributed by atoms with Crippen molar-refractivity contribution in [2.75, 3.05) is 0 Å². The van der Waals surface area contributed by atoms with Crippen LogP contribution in [-0.4, -0.2) is 24.5 Å². The van der Waals surface area contributed by atoms with Crippen molar-refractivity contribution in [2.24, 2.45) is 0 Å². The minimum Gasteiger partial charge on any atom is -0.309 e. The summed E-state index contributed by atoms with van der Waals surface area (Å²) in [4.78, 5) is 21.2. The number of para-hydroxylation sites is 2. The van der Waals surface area contributed by atoms with Crippen molar-refractivity contribution < 1.29 is 0 Å². The van der Waals surface area contributed by atoms with Crippen molar-refractivity contribution >= 4 is 53.3 Å². The molecule has 9 aromatic carbocycles. The second-order valence-corrected chi connectivity index (χ2v) is 18.0. The first kappa shape index (κ1) is 39.5. The van der Waals surface area contributed by atoms with Crippen LogP contribution in [-0.2, 0) is 0 Å². The van der Waals surface area contributed by atoms with Gasteiger partial charge in [-0.25, -0.2) is 15.0 Å². The molecule has 0 aliphatic heterocycles. The molecular weight excluding hydrogens is 847 g/mol. The van der Waals surface area contributed by atoms with Crippen LogP contribution >= 0.6 is 11.3 Å². The Bertz CT molecular complexity index is 3940. The van der Waals surface area contributed by atoms with Crippen LogP contribution in [0.25, 0.3) is 126 Å². The highest BCUT2D eigenvalue weighted by molar-refractivity contribution is 7.26. The molecule has 68 heavy (non-hydrogen) atoms. The van der Waals surface area contributed by atoms with E-state index < -0.39 is 0 Å². The van der Waals surface area contributed by atoms with Crippen LogP contribution in [0.1, 0.15) is 0 Å². The molecule has 13 rings (SSSR count). The molecule has 0 bridgehead atoms. The Morgan fingerprint density at radius 1 is 0.324 bits per heavy atom. The summed E-state index contributed by atoms with van der Waals surface area (Å²) in [7, 11) is 0. The van der Waals surface area contributed by atoms with E-state index in [1.165, 1.54) is 37.3 Å². The summed E-state index contributed by atoms with van der Waals surface area (Å²) in [5.74, 6) is 1.74. The summed E-state index contributed by atoms with van der Waals surface area (Å²) in [6.45, 7) is 0. The number of rotatable bonds is 8. The summed E-state index contributed by atoms with van der Waals surface area (Å²) < 4.78 is 4.75. The van der Waals surface area contributed by atoms with Crippen molar-refractivity contribution in [2.45, 2.75) is 0 Å². The highest BCUT2D eigenvalue weighted by atomic mass is 32.1. The lowest BCUT2D eigenvalue weighted by Crippen LogP contribution is -2.02. The Morgan fingerprint density at radius 3 is 1.59 bits per heavy atom. The molecule has 318 valence electrons. The Kier molecular flexibility index (Phi) is 9.62. The zero-order valence-corrected chi connectivity index (χ0v) is 37.5. The lowest BCUT2D eigenvalue weighted by atomic mass is 9.90. The van der Waals surface area contributed by atoms with Gasteiger partial charge in [0.15, 0.2) is 17.5 Å². The van der Waals surface area contributed by atoms with Crippen LogP contribution in [0.5, 0.6) is 0 Å². The number of hydrogen-bond donors (Lipinski definition) is 0. The largest absolute Gasteiger partial charge is 0.309 e. The van der Waals surface area contributed by atoms with E-state index in [1.807, 2.05) is 53.9 Å². The van der Waals surface area contributed by atoms with Crippen molar-refractivity contribution in [1.82, 2.24) is 24.5 Å². The number of aromatic nitrogens is 5. The van der Waals surface area contributed by atoms with Gasteiger partial charge in [0.2, 0.25) is 0 Å². The molecule has 0 aliphatic rings. The number of nitrogens with zero attached hydrogens (tertiary/aromatic N) is 5. The standard InChI is InChI=1S/C62H39N5S/c1-6-19-40(20-7-1)44-33-34-47(41-21-8-2-9-22-41)51(35-44)45-36-54(62-65-60(42-23-10-3-11-24-42)64-61(66-62)43-25-12-4-13-26-43)58(63-39-45)50-31-18-30-49-53-37-52-48-29-16-17-32-55(48)67(46-27-14-5-15-28-46)56(52)38-57(53)68-59(49)50/h1-39H. The molecule has 4 aromatic heterocycles. The zero-order chi connectivity index (χ0) is 45.0. The molecule has 0 unspecified atom stereocenters. The monoisotopic (exact) mass is 885 g/mol. The Morgan fingerprint density at radius 2 is 0.897 bits per heavy atom. The number of thiophene rings is 1. The first-order valence-corrected chi connectivity index (χ1v) is 23.6. The van der Waals surface area contributed by atoms with Crippen molar-refractivity contribution in [3.63, 3.8) is 0 Å². The topological polar surface area (TPSA) is 56.5 Å². The molecule has 13 aromatic rings. The molecule has 0 radical (unpaired) electrons. The molecule has 0 fully saturated rings. The van der Waals surface area contributed by atoms with Crippen LogP contribution in [0.3, 0.4) is 0 Å². The molecule has 4 heterocycles. The van der Waals surface area contributed by atoms with Gasteiger partial charge in [-0.05, 0) is 70.3 Å². The summed E-state index contributed by atoms with van der Waals surface area (Å²) >= 11 is 1.81. The van der Waals surface area contributed by atoms with E-state index in [1.54, 1.807) is 0 Å². The SMILES string of the molecule is c1ccc(-c2ccc(-c3ccccc3)c(-c3cnc(-c4cccc5c4sc4cc6c(cc45)c4ccccc4n6-c4ccccc4)c(-c4nc(-c5ccccc5)nc(-c5ccccc5)n4)c3)c2)cc1. The molecule has 0 amide bonds. The molecular formula is C62H39N5S. The third kappa shape index (κ3) is 6.86. The van der Waals surface area contributed by atoms with E-state index in [-0.39, 0.29) is 0 Å². The summed E-state index contributed by atoms with van der Waals surface area (Å²) in [5, 5.41) is 4.86. The van der Waals surface area contributed by atoms with Gasteiger partial charge in [-0.3, -0.25) is 4.98 Å². The molecule has 0 saturated heterocycles.